The van der Waals surface area contributed by atoms with Gasteiger partial charge in [0.05, 0.1) is 26.0 Å². The number of nitrogens with zero attached hydrogens (tertiary/aromatic N) is 3. The van der Waals surface area contributed by atoms with Crippen LogP contribution in [0.5, 0.6) is 5.88 Å². The third-order valence-corrected chi connectivity index (χ3v) is 3.22. The smallest absolute Gasteiger partial charge is 0.213 e. The van der Waals surface area contributed by atoms with Crippen molar-refractivity contribution in [2.24, 2.45) is 0 Å². The van der Waals surface area contributed by atoms with Crippen molar-refractivity contribution in [1.29, 1.82) is 0 Å². The van der Waals surface area contributed by atoms with Gasteiger partial charge in [0, 0.05) is 25.1 Å². The molecule has 3 heterocycles. The Morgan fingerprint density at radius 3 is 2.95 bits per heavy atom. The fourth-order valence-corrected chi connectivity index (χ4v) is 2.21. The van der Waals surface area contributed by atoms with Crippen molar-refractivity contribution in [2.45, 2.75) is 13.0 Å². The van der Waals surface area contributed by atoms with Crippen molar-refractivity contribution in [3.63, 3.8) is 0 Å². The predicted octanol–water partition coefficient (Wildman–Crippen LogP) is 1.66. The summed E-state index contributed by atoms with van der Waals surface area (Å²) in [4.78, 5) is 13.5. The molecule has 104 valence electrons. The summed E-state index contributed by atoms with van der Waals surface area (Å²) in [6.07, 6.45) is 0.795. The van der Waals surface area contributed by atoms with Crippen molar-refractivity contribution in [2.75, 3.05) is 26.1 Å². The van der Waals surface area contributed by atoms with Gasteiger partial charge in [0.1, 0.15) is 11.5 Å². The lowest BCUT2D eigenvalue weighted by Gasteiger charge is -2.19. The number of pyridine rings is 1. The third kappa shape index (κ3) is 2.30. The molecule has 0 saturated carbocycles. The fraction of sp³-hybridized carbons (Fsp3) is 0.357. The first kappa shape index (κ1) is 12.8. The van der Waals surface area contributed by atoms with E-state index >= 15 is 0 Å². The molecule has 1 aliphatic rings. The highest BCUT2D eigenvalue weighted by atomic mass is 16.5. The van der Waals surface area contributed by atoms with Gasteiger partial charge in [0.2, 0.25) is 5.88 Å². The molecule has 2 aromatic rings. The molecule has 6 heteroatoms. The van der Waals surface area contributed by atoms with Crippen molar-refractivity contribution >= 4 is 5.82 Å². The van der Waals surface area contributed by atoms with Crippen LogP contribution in [0.15, 0.2) is 18.2 Å². The summed E-state index contributed by atoms with van der Waals surface area (Å²) in [7, 11) is 3.44. The van der Waals surface area contributed by atoms with Gasteiger partial charge in [-0.3, -0.25) is 0 Å². The van der Waals surface area contributed by atoms with Crippen molar-refractivity contribution in [3.8, 4) is 17.4 Å². The molecule has 0 bridgehead atoms. The van der Waals surface area contributed by atoms with Gasteiger partial charge in [-0.05, 0) is 6.07 Å². The first-order chi connectivity index (χ1) is 9.81. The van der Waals surface area contributed by atoms with E-state index in [1.807, 2.05) is 19.2 Å². The quantitative estimate of drug-likeness (QED) is 0.916. The number of hydrogen-bond donors (Lipinski definition) is 1. The average Bonchev–Trinajstić information content (AvgIpc) is 2.53. The Kier molecular flexibility index (Phi) is 3.47. The molecule has 0 atom stereocenters. The van der Waals surface area contributed by atoms with E-state index in [2.05, 4.69) is 20.3 Å². The van der Waals surface area contributed by atoms with E-state index in [0.29, 0.717) is 30.6 Å². The molecule has 0 radical (unpaired) electrons. The van der Waals surface area contributed by atoms with E-state index in [1.165, 1.54) is 0 Å². The molecule has 0 unspecified atom stereocenters. The number of rotatable bonds is 3. The highest BCUT2D eigenvalue weighted by Crippen LogP contribution is 2.25. The maximum absolute atomic E-state index is 5.46. The highest BCUT2D eigenvalue weighted by Gasteiger charge is 2.18. The molecule has 1 N–H and O–H groups in total. The van der Waals surface area contributed by atoms with Gasteiger partial charge in [-0.15, -0.1) is 0 Å². The van der Waals surface area contributed by atoms with E-state index in [1.54, 1.807) is 13.2 Å². The number of ether oxygens (including phenoxy) is 2. The second kappa shape index (κ2) is 5.42. The molecule has 0 amide bonds. The monoisotopic (exact) mass is 272 g/mol. The zero-order chi connectivity index (χ0) is 13.9. The normalized spacial score (nSPS) is 13.7. The Hall–Kier alpha value is -2.21. The second-order valence-electron chi connectivity index (χ2n) is 4.44. The standard InChI is InChI=1S/C14H16N4O2/c1-15-13-9-8-20-7-6-10(9)17-14(18-13)11-4-3-5-12(16-11)19-2/h3-5H,6-8H2,1-2H3,(H,15,17,18). The maximum Gasteiger partial charge on any atom is 0.213 e. The molecule has 20 heavy (non-hydrogen) atoms. The summed E-state index contributed by atoms with van der Waals surface area (Å²) in [5.74, 6) is 1.96. The van der Waals surface area contributed by atoms with Crippen molar-refractivity contribution in [1.82, 2.24) is 15.0 Å². The van der Waals surface area contributed by atoms with Gasteiger partial charge >= 0.3 is 0 Å². The van der Waals surface area contributed by atoms with Gasteiger partial charge in [0.25, 0.3) is 0 Å². The summed E-state index contributed by atoms with van der Waals surface area (Å²) in [6.45, 7) is 1.25. The number of anilines is 1. The lowest BCUT2D eigenvalue weighted by molar-refractivity contribution is 0.109. The first-order valence-electron chi connectivity index (χ1n) is 6.48. The van der Waals surface area contributed by atoms with Gasteiger partial charge in [-0.25, -0.2) is 15.0 Å². The van der Waals surface area contributed by atoms with E-state index in [9.17, 15) is 0 Å². The molecule has 0 saturated heterocycles. The summed E-state index contributed by atoms with van der Waals surface area (Å²) >= 11 is 0. The van der Waals surface area contributed by atoms with Crippen LogP contribution in [0.2, 0.25) is 0 Å². The molecule has 0 aromatic carbocycles. The topological polar surface area (TPSA) is 69.2 Å². The van der Waals surface area contributed by atoms with Crippen molar-refractivity contribution < 1.29 is 9.47 Å². The first-order valence-corrected chi connectivity index (χ1v) is 6.48. The fourth-order valence-electron chi connectivity index (χ4n) is 2.21. The Bertz CT molecular complexity index is 613. The van der Waals surface area contributed by atoms with E-state index in [0.717, 1.165) is 23.5 Å². The summed E-state index contributed by atoms with van der Waals surface area (Å²) in [5, 5.41) is 3.10. The molecule has 6 nitrogen and oxygen atoms in total. The van der Waals surface area contributed by atoms with Crippen LogP contribution in [-0.4, -0.2) is 35.7 Å². The van der Waals surface area contributed by atoms with Crippen LogP contribution >= 0.6 is 0 Å². The zero-order valence-corrected chi connectivity index (χ0v) is 11.5. The molecule has 3 rings (SSSR count). The number of nitrogens with one attached hydrogen (secondary N) is 1. The molecule has 0 aliphatic carbocycles. The predicted molar refractivity (Wildman–Crippen MR) is 74.7 cm³/mol. The van der Waals surface area contributed by atoms with Crippen LogP contribution in [0.4, 0.5) is 5.82 Å². The minimum absolute atomic E-state index is 0.553. The van der Waals surface area contributed by atoms with Gasteiger partial charge in [-0.1, -0.05) is 6.07 Å². The maximum atomic E-state index is 5.46. The largest absolute Gasteiger partial charge is 0.481 e. The van der Waals surface area contributed by atoms with Crippen LogP contribution < -0.4 is 10.1 Å². The van der Waals surface area contributed by atoms with Crippen LogP contribution in [0.25, 0.3) is 11.5 Å². The van der Waals surface area contributed by atoms with Crippen LogP contribution in [0.1, 0.15) is 11.3 Å². The van der Waals surface area contributed by atoms with E-state index in [-0.39, 0.29) is 0 Å². The van der Waals surface area contributed by atoms with Crippen LogP contribution in [0, 0.1) is 0 Å². The molecule has 0 spiro atoms. The highest BCUT2D eigenvalue weighted by molar-refractivity contribution is 5.57. The summed E-state index contributed by atoms with van der Waals surface area (Å²) in [6, 6.07) is 5.56. The Morgan fingerprint density at radius 2 is 2.15 bits per heavy atom. The number of fused-ring (bicyclic) bond motifs is 1. The molecule has 0 fully saturated rings. The molecule has 1 aliphatic heterocycles. The van der Waals surface area contributed by atoms with Crippen LogP contribution in [-0.2, 0) is 17.8 Å². The lowest BCUT2D eigenvalue weighted by Crippen LogP contribution is -2.16. The number of aromatic nitrogens is 3. The summed E-state index contributed by atoms with van der Waals surface area (Å²) < 4.78 is 10.6. The lowest BCUT2D eigenvalue weighted by atomic mass is 10.1. The zero-order valence-electron chi connectivity index (χ0n) is 11.5. The Labute approximate surface area is 117 Å². The van der Waals surface area contributed by atoms with Gasteiger partial charge in [0.15, 0.2) is 5.82 Å². The Balaban J connectivity index is 2.09. The molecular formula is C14H16N4O2. The molecule has 2 aromatic heterocycles. The number of methoxy groups -OCH3 is 1. The summed E-state index contributed by atoms with van der Waals surface area (Å²) in [5.41, 5.74) is 2.76. The second-order valence-corrected chi connectivity index (χ2v) is 4.44. The minimum Gasteiger partial charge on any atom is -0.481 e. The SMILES string of the molecule is CNc1nc(-c2cccc(OC)n2)nc2c1COCC2. The van der Waals surface area contributed by atoms with Gasteiger partial charge < -0.3 is 14.8 Å². The Morgan fingerprint density at radius 1 is 1.25 bits per heavy atom. The average molecular weight is 272 g/mol. The number of hydrogen-bond acceptors (Lipinski definition) is 6. The third-order valence-electron chi connectivity index (χ3n) is 3.22. The minimum atomic E-state index is 0.553. The molecular weight excluding hydrogens is 256 g/mol. The van der Waals surface area contributed by atoms with E-state index < -0.39 is 0 Å². The van der Waals surface area contributed by atoms with Crippen molar-refractivity contribution in [3.05, 3.63) is 29.5 Å². The van der Waals surface area contributed by atoms with E-state index in [4.69, 9.17) is 9.47 Å². The van der Waals surface area contributed by atoms with Gasteiger partial charge in [-0.2, -0.15) is 0 Å². The van der Waals surface area contributed by atoms with Crippen LogP contribution in [0.3, 0.4) is 0 Å².